The monoisotopic (exact) mass is 361 g/mol. The van der Waals surface area contributed by atoms with Gasteiger partial charge in [0.25, 0.3) is 0 Å². The summed E-state index contributed by atoms with van der Waals surface area (Å²) in [7, 11) is 1.62. The van der Waals surface area contributed by atoms with Gasteiger partial charge in [0.1, 0.15) is 11.4 Å². The van der Waals surface area contributed by atoms with Gasteiger partial charge in [-0.15, -0.1) is 0 Å². The molecule has 2 aromatic heterocycles. The Morgan fingerprint density at radius 2 is 1.73 bits per heavy atom. The van der Waals surface area contributed by atoms with Crippen LogP contribution in [0.1, 0.15) is 5.69 Å². The van der Waals surface area contributed by atoms with E-state index in [-0.39, 0.29) is 0 Å². The molecule has 0 atom stereocenters. The molecule has 0 saturated carbocycles. The van der Waals surface area contributed by atoms with Crippen molar-refractivity contribution < 1.29 is 4.74 Å². The predicted octanol–water partition coefficient (Wildman–Crippen LogP) is 5.33. The number of para-hydroxylation sites is 1. The summed E-state index contributed by atoms with van der Waals surface area (Å²) >= 11 is 6.51. The number of ether oxygens (including phenoxy) is 1. The van der Waals surface area contributed by atoms with Gasteiger partial charge in [0.2, 0.25) is 0 Å². The molecule has 0 spiro atoms. The highest BCUT2D eigenvalue weighted by Gasteiger charge is 2.14. The summed E-state index contributed by atoms with van der Waals surface area (Å²) in [4.78, 5) is 14.1. The fourth-order valence-corrected chi connectivity index (χ4v) is 3.14. The van der Waals surface area contributed by atoms with Crippen molar-refractivity contribution in [3.63, 3.8) is 0 Å². The Morgan fingerprint density at radius 1 is 0.885 bits per heavy atom. The lowest BCUT2D eigenvalue weighted by atomic mass is 10.1. The lowest BCUT2D eigenvalue weighted by Crippen LogP contribution is -1.97. The number of aromatic nitrogens is 3. The second kappa shape index (κ2) is 6.73. The van der Waals surface area contributed by atoms with Crippen LogP contribution in [-0.2, 0) is 0 Å². The average Bonchev–Trinajstić information content (AvgIpc) is 2.67. The topological polar surface area (TPSA) is 47.9 Å². The van der Waals surface area contributed by atoms with Crippen LogP contribution < -0.4 is 4.74 Å². The normalized spacial score (nSPS) is 10.9. The van der Waals surface area contributed by atoms with E-state index in [1.54, 1.807) is 13.2 Å². The Balaban J connectivity index is 1.99. The highest BCUT2D eigenvalue weighted by Crippen LogP contribution is 2.35. The van der Waals surface area contributed by atoms with Crippen molar-refractivity contribution in [2.75, 3.05) is 7.11 Å². The molecule has 0 fully saturated rings. The largest absolute Gasteiger partial charge is 0.497 e. The molecule has 0 N–H and O–H groups in total. The lowest BCUT2D eigenvalue weighted by Gasteiger charge is -2.11. The van der Waals surface area contributed by atoms with E-state index in [2.05, 4.69) is 4.98 Å². The minimum Gasteiger partial charge on any atom is -0.497 e. The van der Waals surface area contributed by atoms with E-state index in [1.165, 1.54) is 0 Å². The number of rotatable bonds is 3. The fourth-order valence-electron chi connectivity index (χ4n) is 2.88. The molecular weight excluding hydrogens is 346 g/mol. The van der Waals surface area contributed by atoms with E-state index in [0.29, 0.717) is 16.6 Å². The van der Waals surface area contributed by atoms with Gasteiger partial charge >= 0.3 is 0 Å². The SMILES string of the molecule is COc1ccc(-c2nc(-c3cccc(C)n3)nc3ccccc23)c(Cl)c1. The van der Waals surface area contributed by atoms with Crippen molar-refractivity contribution in [1.82, 2.24) is 15.0 Å². The van der Waals surface area contributed by atoms with Crippen LogP contribution in [0.2, 0.25) is 5.02 Å². The van der Waals surface area contributed by atoms with Gasteiger partial charge in [0.05, 0.1) is 23.3 Å². The first-order valence-electron chi connectivity index (χ1n) is 8.20. The summed E-state index contributed by atoms with van der Waals surface area (Å²) in [6, 6.07) is 19.3. The smallest absolute Gasteiger partial charge is 0.179 e. The molecule has 4 nitrogen and oxygen atoms in total. The van der Waals surface area contributed by atoms with E-state index in [4.69, 9.17) is 26.3 Å². The lowest BCUT2D eigenvalue weighted by molar-refractivity contribution is 0.415. The fraction of sp³-hybridized carbons (Fsp3) is 0.0952. The molecule has 0 amide bonds. The van der Waals surface area contributed by atoms with Crippen molar-refractivity contribution >= 4 is 22.5 Å². The third-order valence-corrected chi connectivity index (χ3v) is 4.46. The van der Waals surface area contributed by atoms with Gasteiger partial charge in [0.15, 0.2) is 5.82 Å². The Morgan fingerprint density at radius 3 is 2.50 bits per heavy atom. The number of hydrogen-bond donors (Lipinski definition) is 0. The van der Waals surface area contributed by atoms with Crippen LogP contribution >= 0.6 is 11.6 Å². The van der Waals surface area contributed by atoms with Gasteiger partial charge in [-0.1, -0.05) is 35.9 Å². The highest BCUT2D eigenvalue weighted by atomic mass is 35.5. The third-order valence-electron chi connectivity index (χ3n) is 4.15. The van der Waals surface area contributed by atoms with Crippen molar-refractivity contribution in [2.45, 2.75) is 6.92 Å². The highest BCUT2D eigenvalue weighted by molar-refractivity contribution is 6.33. The summed E-state index contributed by atoms with van der Waals surface area (Å²) in [6.07, 6.45) is 0. The molecule has 0 bridgehead atoms. The summed E-state index contributed by atoms with van der Waals surface area (Å²) in [5.41, 5.74) is 4.12. The van der Waals surface area contributed by atoms with Crippen molar-refractivity contribution in [3.05, 3.63) is 71.4 Å². The Hall–Kier alpha value is -2.98. The van der Waals surface area contributed by atoms with Crippen LogP contribution in [0.15, 0.2) is 60.7 Å². The second-order valence-electron chi connectivity index (χ2n) is 5.92. The Bertz CT molecular complexity index is 1110. The second-order valence-corrected chi connectivity index (χ2v) is 6.33. The zero-order chi connectivity index (χ0) is 18.1. The number of benzene rings is 2. The number of aryl methyl sites for hydroxylation is 1. The minimum atomic E-state index is 0.578. The molecule has 0 aliphatic carbocycles. The van der Waals surface area contributed by atoms with E-state index in [9.17, 15) is 0 Å². The van der Waals surface area contributed by atoms with Crippen LogP contribution in [-0.4, -0.2) is 22.1 Å². The first-order chi connectivity index (χ1) is 12.7. The molecule has 0 saturated heterocycles. The molecule has 4 aromatic rings. The standard InChI is InChI=1S/C21H16ClN3O/c1-13-6-5-9-19(23-13)21-24-18-8-4-3-7-16(18)20(25-21)15-11-10-14(26-2)12-17(15)22/h3-12H,1-2H3. The molecule has 26 heavy (non-hydrogen) atoms. The van der Waals surface area contributed by atoms with Gasteiger partial charge in [-0.2, -0.15) is 0 Å². The summed E-state index contributed by atoms with van der Waals surface area (Å²) < 4.78 is 5.25. The van der Waals surface area contributed by atoms with Gasteiger partial charge in [-0.3, -0.25) is 0 Å². The maximum Gasteiger partial charge on any atom is 0.179 e. The number of methoxy groups -OCH3 is 1. The van der Waals surface area contributed by atoms with Gasteiger partial charge in [0, 0.05) is 16.6 Å². The van der Waals surface area contributed by atoms with Crippen molar-refractivity contribution in [2.24, 2.45) is 0 Å². The van der Waals surface area contributed by atoms with E-state index in [0.717, 1.165) is 33.5 Å². The summed E-state index contributed by atoms with van der Waals surface area (Å²) in [5.74, 6) is 1.28. The van der Waals surface area contributed by atoms with E-state index >= 15 is 0 Å². The Kier molecular flexibility index (Phi) is 4.27. The predicted molar refractivity (Wildman–Crippen MR) is 105 cm³/mol. The van der Waals surface area contributed by atoms with Crippen LogP contribution in [0.5, 0.6) is 5.75 Å². The molecule has 0 aliphatic rings. The minimum absolute atomic E-state index is 0.578. The van der Waals surface area contributed by atoms with Crippen LogP contribution in [0.4, 0.5) is 0 Å². The number of fused-ring (bicyclic) bond motifs is 1. The molecule has 128 valence electrons. The molecule has 2 heterocycles. The van der Waals surface area contributed by atoms with Crippen LogP contribution in [0, 0.1) is 6.92 Å². The number of halogens is 1. The first-order valence-corrected chi connectivity index (χ1v) is 8.58. The number of nitrogens with zero attached hydrogens (tertiary/aromatic N) is 3. The summed E-state index contributed by atoms with van der Waals surface area (Å²) in [6.45, 7) is 1.95. The van der Waals surface area contributed by atoms with Crippen molar-refractivity contribution in [3.8, 4) is 28.5 Å². The zero-order valence-corrected chi connectivity index (χ0v) is 15.2. The van der Waals surface area contributed by atoms with E-state index < -0.39 is 0 Å². The molecule has 4 rings (SSSR count). The maximum atomic E-state index is 6.51. The van der Waals surface area contributed by atoms with E-state index in [1.807, 2.05) is 61.5 Å². The average molecular weight is 362 g/mol. The quantitative estimate of drug-likeness (QED) is 0.495. The van der Waals surface area contributed by atoms with Crippen LogP contribution in [0.3, 0.4) is 0 Å². The zero-order valence-electron chi connectivity index (χ0n) is 14.4. The molecule has 0 unspecified atom stereocenters. The number of hydrogen-bond acceptors (Lipinski definition) is 4. The number of pyridine rings is 1. The van der Waals surface area contributed by atoms with Crippen molar-refractivity contribution in [1.29, 1.82) is 0 Å². The maximum absolute atomic E-state index is 6.51. The molecule has 5 heteroatoms. The van der Waals surface area contributed by atoms with Gasteiger partial charge in [-0.25, -0.2) is 15.0 Å². The van der Waals surface area contributed by atoms with Gasteiger partial charge < -0.3 is 4.74 Å². The molecule has 2 aromatic carbocycles. The molecule has 0 radical (unpaired) electrons. The van der Waals surface area contributed by atoms with Gasteiger partial charge in [-0.05, 0) is 43.3 Å². The molecular formula is C21H16ClN3O. The molecule has 0 aliphatic heterocycles. The summed E-state index contributed by atoms with van der Waals surface area (Å²) in [5, 5.41) is 1.52. The van der Waals surface area contributed by atoms with Crippen LogP contribution in [0.25, 0.3) is 33.7 Å². The Labute approximate surface area is 156 Å². The third kappa shape index (κ3) is 3.00. The first kappa shape index (κ1) is 16.5.